The van der Waals surface area contributed by atoms with E-state index in [1.165, 1.54) is 27.7 Å². The van der Waals surface area contributed by atoms with E-state index < -0.39 is 0 Å². The molecule has 5 heteroatoms. The average molecular weight is 804 g/mol. The first-order valence-electron chi connectivity index (χ1n) is 21.8. The van der Waals surface area contributed by atoms with Gasteiger partial charge in [0.15, 0.2) is 5.84 Å². The molecule has 6 aromatic rings. The second kappa shape index (κ2) is 16.7. The molecule has 5 aromatic carbocycles. The van der Waals surface area contributed by atoms with Crippen molar-refractivity contribution >= 4 is 39.6 Å². The number of aromatic nitrogens is 1. The molecule has 62 heavy (non-hydrogen) atoms. The molecule has 3 aliphatic carbocycles. The molecule has 0 saturated carbocycles. The molecule has 0 amide bonds. The maximum atomic E-state index is 9.57. The van der Waals surface area contributed by atoms with E-state index in [0.717, 1.165) is 57.0 Å². The number of nitrogens with one attached hydrogen (secondary N) is 1. The van der Waals surface area contributed by atoms with Crippen LogP contribution in [0.1, 0.15) is 55.5 Å². The minimum absolute atomic E-state index is 0.0149. The van der Waals surface area contributed by atoms with Crippen LogP contribution >= 0.6 is 0 Å². The Bertz CT molecular complexity index is 2970. The van der Waals surface area contributed by atoms with Crippen LogP contribution < -0.4 is 0 Å². The predicted octanol–water partition coefficient (Wildman–Crippen LogP) is 13.4. The Kier molecular flexibility index (Phi) is 10.5. The number of fused-ring (bicyclic) bond motifs is 5. The van der Waals surface area contributed by atoms with Gasteiger partial charge in [-0.2, -0.15) is 0 Å². The molecule has 0 saturated heterocycles. The molecular weight excluding hydrogens is 755 g/mol. The smallest absolute Gasteiger partial charge is 0.153 e. The van der Waals surface area contributed by atoms with Crippen LogP contribution in [0.3, 0.4) is 0 Å². The summed E-state index contributed by atoms with van der Waals surface area (Å²) in [6, 6.07) is 48.5. The Morgan fingerprint density at radius 2 is 1.32 bits per heavy atom. The van der Waals surface area contributed by atoms with Crippen molar-refractivity contribution in [3.8, 4) is 16.8 Å². The van der Waals surface area contributed by atoms with Gasteiger partial charge in [-0.15, -0.1) is 0 Å². The summed E-state index contributed by atoms with van der Waals surface area (Å²) in [7, 11) is 0. The molecule has 5 atom stereocenters. The Balaban J connectivity index is 1.13. The lowest BCUT2D eigenvalue weighted by atomic mass is 9.75. The molecule has 0 spiro atoms. The van der Waals surface area contributed by atoms with Crippen LogP contribution in [0.4, 0.5) is 0 Å². The van der Waals surface area contributed by atoms with Gasteiger partial charge in [0.05, 0.1) is 28.9 Å². The zero-order valence-corrected chi connectivity index (χ0v) is 35.4. The Morgan fingerprint density at radius 3 is 2.06 bits per heavy atom. The molecule has 1 aliphatic heterocycles. The molecule has 0 bridgehead atoms. The highest BCUT2D eigenvalue weighted by Crippen LogP contribution is 2.45. The van der Waals surface area contributed by atoms with Crippen molar-refractivity contribution < 1.29 is 0 Å². The van der Waals surface area contributed by atoms with E-state index in [-0.39, 0.29) is 35.5 Å². The summed E-state index contributed by atoms with van der Waals surface area (Å²) >= 11 is 0. The third-order valence-electron chi connectivity index (χ3n) is 12.8. The average Bonchev–Trinajstić information content (AvgIpc) is 3.67. The topological polar surface area (TPSA) is 65.9 Å². The Labute approximate surface area is 364 Å². The van der Waals surface area contributed by atoms with E-state index in [1.54, 1.807) is 0 Å². The second-order valence-corrected chi connectivity index (χ2v) is 16.8. The summed E-state index contributed by atoms with van der Waals surface area (Å²) in [6.45, 7) is 6.64. The second-order valence-electron chi connectivity index (χ2n) is 16.8. The first kappa shape index (κ1) is 38.9. The van der Waals surface area contributed by atoms with Crippen molar-refractivity contribution in [2.75, 3.05) is 0 Å². The number of allylic oxidation sites excluding steroid dienone is 9. The van der Waals surface area contributed by atoms with E-state index in [2.05, 4.69) is 189 Å². The van der Waals surface area contributed by atoms with Crippen LogP contribution in [0, 0.1) is 23.2 Å². The van der Waals surface area contributed by atoms with Crippen molar-refractivity contribution in [3.05, 3.63) is 228 Å². The van der Waals surface area contributed by atoms with Gasteiger partial charge in [-0.05, 0) is 82.4 Å². The predicted molar refractivity (Wildman–Crippen MR) is 260 cm³/mol. The fourth-order valence-corrected chi connectivity index (χ4v) is 9.76. The van der Waals surface area contributed by atoms with Crippen LogP contribution in [0.25, 0.3) is 33.3 Å². The monoisotopic (exact) mass is 803 g/mol. The van der Waals surface area contributed by atoms with E-state index in [9.17, 15) is 5.41 Å². The quantitative estimate of drug-likeness (QED) is 0.123. The van der Waals surface area contributed by atoms with Gasteiger partial charge in [0.2, 0.25) is 0 Å². The number of nitrogens with zero attached hydrogens (tertiary/aromatic N) is 4. The standard InChI is InChI=1S/C57H49N5/c1-37-18-17-27-49(54-55-53(47-25-13-15-28-50(47)60-54)48-26-14-16-29-51(48)62(55)45-23-11-6-12-24-45)52(37)57(61-56(58)43-32-30-42(31-33-43)40-19-7-4-8-20-40)59-39(3)46-35-34-44(36-38(46)2)41-21-9-5-10-22-41/h4-35,37-38,47,50,52,58H,36H2,1-3H3/b58-56?,59-39+,61-57-. The summed E-state index contributed by atoms with van der Waals surface area (Å²) in [5, 5.41) is 10.8. The first-order chi connectivity index (χ1) is 30.4. The maximum absolute atomic E-state index is 9.57. The van der Waals surface area contributed by atoms with Crippen LogP contribution in [-0.4, -0.2) is 33.7 Å². The third kappa shape index (κ3) is 7.24. The van der Waals surface area contributed by atoms with Gasteiger partial charge in [-0.25, -0.2) is 9.98 Å². The highest BCUT2D eigenvalue weighted by molar-refractivity contribution is 6.22. The minimum Gasteiger partial charge on any atom is -0.307 e. The minimum atomic E-state index is -0.290. The summed E-state index contributed by atoms with van der Waals surface area (Å²) in [5.74, 6) is 0.862. The fourth-order valence-electron chi connectivity index (χ4n) is 9.76. The van der Waals surface area contributed by atoms with Crippen molar-refractivity contribution in [1.29, 1.82) is 5.41 Å². The maximum Gasteiger partial charge on any atom is 0.153 e. The molecular formula is C57H49N5. The Hall–Kier alpha value is -7.24. The number of hydrogen-bond acceptors (Lipinski definition) is 2. The lowest BCUT2D eigenvalue weighted by molar-refractivity contribution is 0.613. The summed E-state index contributed by atoms with van der Waals surface area (Å²) in [5.41, 5.74) is 14.3. The van der Waals surface area contributed by atoms with E-state index in [0.29, 0.717) is 5.84 Å². The molecule has 5 nitrogen and oxygen atoms in total. The molecule has 1 aromatic heterocycles. The zero-order valence-electron chi connectivity index (χ0n) is 35.4. The van der Waals surface area contributed by atoms with Crippen molar-refractivity contribution in [1.82, 2.24) is 4.57 Å². The lowest BCUT2D eigenvalue weighted by Gasteiger charge is -2.34. The molecule has 302 valence electrons. The lowest BCUT2D eigenvalue weighted by Crippen LogP contribution is -2.34. The number of aliphatic imine (C=N–C) groups is 3. The van der Waals surface area contributed by atoms with E-state index >= 15 is 0 Å². The summed E-state index contributed by atoms with van der Waals surface area (Å²) in [6.07, 6.45) is 20.9. The summed E-state index contributed by atoms with van der Waals surface area (Å²) < 4.78 is 2.40. The van der Waals surface area contributed by atoms with Crippen LogP contribution in [0.15, 0.2) is 220 Å². The molecule has 0 radical (unpaired) electrons. The SMILES string of the molecule is C/C(=N\C(=N/C(=N)c1ccc(-c2ccccc2)cc1)C1C(C2=NC3C=CC=CC3c3c2n(-c2ccccc2)c2ccccc32)=CC=CC1C)C1=CC=C(c2ccccc2)CC1C. The fraction of sp³-hybridized carbons (Fsp3) is 0.158. The van der Waals surface area contributed by atoms with Crippen molar-refractivity contribution in [2.45, 2.75) is 39.2 Å². The molecule has 0 fully saturated rings. The van der Waals surface area contributed by atoms with Crippen molar-refractivity contribution in [2.24, 2.45) is 32.7 Å². The molecule has 2 heterocycles. The number of rotatable bonds is 7. The van der Waals surface area contributed by atoms with Crippen molar-refractivity contribution in [3.63, 3.8) is 0 Å². The number of para-hydroxylation sites is 2. The third-order valence-corrected chi connectivity index (χ3v) is 12.8. The largest absolute Gasteiger partial charge is 0.307 e. The highest BCUT2D eigenvalue weighted by Gasteiger charge is 2.40. The first-order valence-corrected chi connectivity index (χ1v) is 21.8. The van der Waals surface area contributed by atoms with Gasteiger partial charge in [0.1, 0.15) is 5.84 Å². The number of hydrogen-bond donors (Lipinski definition) is 1. The van der Waals surface area contributed by atoms with Crippen LogP contribution in [-0.2, 0) is 0 Å². The van der Waals surface area contributed by atoms with Gasteiger partial charge in [-0.1, -0.05) is 190 Å². The van der Waals surface area contributed by atoms with Crippen LogP contribution in [0.2, 0.25) is 0 Å². The van der Waals surface area contributed by atoms with Gasteiger partial charge < -0.3 is 4.57 Å². The van der Waals surface area contributed by atoms with Gasteiger partial charge in [-0.3, -0.25) is 10.4 Å². The molecule has 10 rings (SSSR count). The summed E-state index contributed by atoms with van der Waals surface area (Å²) in [4.78, 5) is 16.5. The normalized spacial score (nSPS) is 22.0. The van der Waals surface area contributed by atoms with Gasteiger partial charge in [0.25, 0.3) is 0 Å². The van der Waals surface area contributed by atoms with Gasteiger partial charge >= 0.3 is 0 Å². The van der Waals surface area contributed by atoms with E-state index in [4.69, 9.17) is 15.0 Å². The highest BCUT2D eigenvalue weighted by atomic mass is 15.0. The molecule has 1 N–H and O–H groups in total. The Morgan fingerprint density at radius 1 is 0.661 bits per heavy atom. The van der Waals surface area contributed by atoms with Crippen LogP contribution in [0.5, 0.6) is 0 Å². The van der Waals surface area contributed by atoms with Gasteiger partial charge in [0, 0.05) is 28.3 Å². The zero-order chi connectivity index (χ0) is 42.2. The molecule has 5 unspecified atom stereocenters. The number of benzene rings is 5. The molecule has 4 aliphatic rings. The van der Waals surface area contributed by atoms with E-state index in [1.807, 2.05) is 30.3 Å². The number of amidine groups is 2.